The van der Waals surface area contributed by atoms with Crippen LogP contribution in [0.4, 0.5) is 24.8 Å². The van der Waals surface area contributed by atoms with E-state index in [1.54, 1.807) is 30.5 Å². The van der Waals surface area contributed by atoms with E-state index in [-0.39, 0.29) is 34.5 Å². The van der Waals surface area contributed by atoms with Crippen LogP contribution < -0.4 is 10.6 Å². The first kappa shape index (κ1) is 28.5. The van der Waals surface area contributed by atoms with E-state index in [0.717, 1.165) is 35.4 Å². The van der Waals surface area contributed by atoms with Gasteiger partial charge in [0.2, 0.25) is 0 Å². The Morgan fingerprint density at radius 1 is 1.08 bits per heavy atom. The molecule has 0 aliphatic carbocycles. The summed E-state index contributed by atoms with van der Waals surface area (Å²) in [7, 11) is 0. The summed E-state index contributed by atoms with van der Waals surface area (Å²) in [6.45, 7) is 2.45. The van der Waals surface area contributed by atoms with Gasteiger partial charge in [0.05, 0.1) is 26.8 Å². The van der Waals surface area contributed by atoms with Crippen LogP contribution in [0, 0.1) is 0 Å². The Labute approximate surface area is 233 Å². The number of ketones is 1. The third-order valence-corrected chi connectivity index (χ3v) is 7.74. The van der Waals surface area contributed by atoms with Crippen LogP contribution in [-0.2, 0) is 12.6 Å². The first-order valence-electron chi connectivity index (χ1n) is 11.6. The number of amides is 1. The third-order valence-electron chi connectivity index (χ3n) is 5.37. The number of halogens is 4. The number of carbonyl (C=O) groups is 2. The van der Waals surface area contributed by atoms with Gasteiger partial charge in [0, 0.05) is 49.1 Å². The van der Waals surface area contributed by atoms with Crippen LogP contribution in [0.5, 0.6) is 0 Å². The average molecular weight is 596 g/mol. The maximum absolute atomic E-state index is 13.1. The minimum Gasteiger partial charge on any atom is -0.370 e. The normalized spacial score (nSPS) is 12.2. The maximum Gasteiger partial charge on any atom is 0.418 e. The van der Waals surface area contributed by atoms with Crippen LogP contribution in [-0.4, -0.2) is 43.2 Å². The third kappa shape index (κ3) is 7.77. The summed E-state index contributed by atoms with van der Waals surface area (Å²) >= 11 is 8.21. The lowest BCUT2D eigenvalue weighted by atomic mass is 10.0. The van der Waals surface area contributed by atoms with Gasteiger partial charge < -0.3 is 10.6 Å². The van der Waals surface area contributed by atoms with E-state index in [9.17, 15) is 22.8 Å². The Balaban J connectivity index is 1.32. The highest BCUT2D eigenvalue weighted by atomic mass is 35.5. The van der Waals surface area contributed by atoms with Crippen molar-refractivity contribution in [3.63, 3.8) is 0 Å². The molecule has 0 radical (unpaired) electrons. The lowest BCUT2D eigenvalue weighted by Crippen LogP contribution is -2.13. The number of alkyl halides is 3. The van der Waals surface area contributed by atoms with Crippen molar-refractivity contribution in [2.24, 2.45) is 0 Å². The van der Waals surface area contributed by atoms with Crippen LogP contribution in [0.3, 0.4) is 0 Å². The molecule has 4 aromatic heterocycles. The minimum atomic E-state index is -4.69. The van der Waals surface area contributed by atoms with Gasteiger partial charge in [-0.1, -0.05) is 18.5 Å². The van der Waals surface area contributed by atoms with Gasteiger partial charge in [0.15, 0.2) is 5.78 Å². The molecule has 1 unspecified atom stereocenters. The Kier molecular flexibility index (Phi) is 9.20. The number of hydrogen-bond donors (Lipinski definition) is 2. The molecule has 2 N–H and O–H groups in total. The van der Waals surface area contributed by atoms with Crippen LogP contribution in [0.25, 0.3) is 0 Å². The summed E-state index contributed by atoms with van der Waals surface area (Å²) < 4.78 is 39.2. The molecule has 1 atom stereocenters. The van der Waals surface area contributed by atoms with E-state index in [1.165, 1.54) is 12.5 Å². The largest absolute Gasteiger partial charge is 0.418 e. The summed E-state index contributed by atoms with van der Waals surface area (Å²) in [5.41, 5.74) is -0.853. The molecular weight excluding hydrogens is 575 g/mol. The van der Waals surface area contributed by atoms with Crippen molar-refractivity contribution in [3.8, 4) is 0 Å². The number of carbonyl (C=O) groups excluding carboxylic acids is 2. The topological polar surface area (TPSA) is 123 Å². The summed E-state index contributed by atoms with van der Waals surface area (Å²) in [6.07, 6.45) is 2.31. The van der Waals surface area contributed by atoms with Crippen LogP contribution in [0.15, 0.2) is 42.4 Å². The molecule has 204 valence electrons. The zero-order valence-electron chi connectivity index (χ0n) is 20.3. The van der Waals surface area contributed by atoms with Crippen molar-refractivity contribution >= 4 is 57.6 Å². The molecule has 0 aliphatic rings. The van der Waals surface area contributed by atoms with Gasteiger partial charge in [-0.3, -0.25) is 9.59 Å². The van der Waals surface area contributed by atoms with Crippen LogP contribution in [0.1, 0.15) is 61.4 Å². The lowest BCUT2D eigenvalue weighted by molar-refractivity contribution is -0.137. The van der Waals surface area contributed by atoms with Gasteiger partial charge in [-0.25, -0.2) is 24.9 Å². The quantitative estimate of drug-likeness (QED) is 0.157. The predicted octanol–water partition coefficient (Wildman–Crippen LogP) is 6.13. The fraction of sp³-hybridized carbons (Fsp3) is 0.292. The molecule has 4 heterocycles. The Bertz CT molecular complexity index is 1450. The highest BCUT2D eigenvalue weighted by Gasteiger charge is 2.34. The Hall–Kier alpha value is -3.49. The number of aryl methyl sites for hydroxylation is 1. The van der Waals surface area contributed by atoms with E-state index in [2.05, 4.69) is 35.6 Å². The van der Waals surface area contributed by atoms with Crippen molar-refractivity contribution in [2.45, 2.75) is 38.3 Å². The number of Topliss-reactive ketones (excluding diaryl/α,β-unsaturated/α-hetero) is 1. The lowest BCUT2D eigenvalue weighted by Gasteiger charge is -2.10. The number of rotatable bonds is 11. The number of anilines is 2. The van der Waals surface area contributed by atoms with E-state index in [0.29, 0.717) is 23.4 Å². The number of pyridine rings is 1. The van der Waals surface area contributed by atoms with Crippen LogP contribution >= 0.6 is 34.3 Å². The fourth-order valence-corrected chi connectivity index (χ4v) is 5.17. The Morgan fingerprint density at radius 3 is 2.64 bits per heavy atom. The summed E-state index contributed by atoms with van der Waals surface area (Å²) in [5.74, 6) is -0.994. The van der Waals surface area contributed by atoms with Crippen molar-refractivity contribution in [3.05, 3.63) is 73.6 Å². The summed E-state index contributed by atoms with van der Waals surface area (Å²) in [5, 5.41) is 8.44. The van der Waals surface area contributed by atoms with E-state index >= 15 is 0 Å². The van der Waals surface area contributed by atoms with Crippen molar-refractivity contribution in [1.29, 1.82) is 0 Å². The zero-order chi connectivity index (χ0) is 28.0. The van der Waals surface area contributed by atoms with E-state index < -0.39 is 22.7 Å². The van der Waals surface area contributed by atoms with Gasteiger partial charge in [0.25, 0.3) is 5.91 Å². The molecular formula is C24H21ClF3N7O2S2. The van der Waals surface area contributed by atoms with E-state index in [1.807, 2.05) is 5.38 Å². The van der Waals surface area contributed by atoms with Gasteiger partial charge in [-0.05, 0) is 12.5 Å². The summed E-state index contributed by atoms with van der Waals surface area (Å²) in [4.78, 5) is 46.0. The second-order valence-corrected chi connectivity index (χ2v) is 10.8. The molecule has 0 spiro atoms. The molecule has 1 amide bonds. The number of nitrogens with zero attached hydrogens (tertiary/aromatic N) is 5. The number of thiazole rings is 2. The monoisotopic (exact) mass is 595 g/mol. The highest BCUT2D eigenvalue weighted by Crippen LogP contribution is 2.35. The second kappa shape index (κ2) is 12.6. The molecule has 4 rings (SSSR count). The second-order valence-electron chi connectivity index (χ2n) is 8.34. The molecule has 0 saturated carbocycles. The number of aromatic nitrogens is 5. The number of hydrogen-bond acceptors (Lipinski definition) is 10. The number of nitrogens with one attached hydrogen (secondary N) is 2. The molecule has 0 aromatic carbocycles. The molecule has 15 heteroatoms. The van der Waals surface area contributed by atoms with Gasteiger partial charge in [-0.2, -0.15) is 13.2 Å². The van der Waals surface area contributed by atoms with Gasteiger partial charge in [-0.15, -0.1) is 22.7 Å². The molecule has 0 saturated heterocycles. The Morgan fingerprint density at radius 2 is 1.90 bits per heavy atom. The zero-order valence-corrected chi connectivity index (χ0v) is 22.7. The SMILES string of the molecule is CC(CC(=O)c1cc(NCCCc2nccs2)ncn1)c1ncc(C(=O)Nc2cc(C(F)(F)F)c(Cl)cn2)s1. The van der Waals surface area contributed by atoms with Crippen molar-refractivity contribution in [1.82, 2.24) is 24.9 Å². The molecule has 0 aliphatic heterocycles. The van der Waals surface area contributed by atoms with Crippen LogP contribution in [0.2, 0.25) is 5.02 Å². The first-order valence-corrected chi connectivity index (χ1v) is 13.6. The molecule has 9 nitrogen and oxygen atoms in total. The first-order chi connectivity index (χ1) is 18.6. The minimum absolute atomic E-state index is 0.0861. The van der Waals surface area contributed by atoms with Crippen molar-refractivity contribution < 1.29 is 22.8 Å². The standard InChI is InChI=1S/C24H21ClF3N7O2S2/c1-13(7-17(36)16-9-19(34-12-33-16)29-4-2-3-21-30-5-6-38-21)23-32-11-18(39-23)22(37)35-20-8-14(24(26,27)28)15(25)10-31-20/h5-6,8-13H,2-4,7H2,1H3,(H,29,33,34)(H,31,35,37). The smallest absolute Gasteiger partial charge is 0.370 e. The van der Waals surface area contributed by atoms with Gasteiger partial charge in [0.1, 0.15) is 28.5 Å². The molecule has 0 bridgehead atoms. The van der Waals surface area contributed by atoms with Gasteiger partial charge >= 0.3 is 6.18 Å². The maximum atomic E-state index is 13.1. The van der Waals surface area contributed by atoms with Crippen molar-refractivity contribution in [2.75, 3.05) is 17.2 Å². The molecule has 0 fully saturated rings. The fourth-order valence-electron chi connectivity index (χ4n) is 3.43. The average Bonchev–Trinajstić information content (AvgIpc) is 3.60. The predicted molar refractivity (Wildman–Crippen MR) is 143 cm³/mol. The molecule has 39 heavy (non-hydrogen) atoms. The van der Waals surface area contributed by atoms with E-state index in [4.69, 9.17) is 11.6 Å². The molecule has 4 aromatic rings. The summed E-state index contributed by atoms with van der Waals surface area (Å²) in [6, 6.07) is 2.25. The highest BCUT2D eigenvalue weighted by molar-refractivity contribution is 7.13.